The van der Waals surface area contributed by atoms with Gasteiger partial charge in [0, 0.05) is 10.6 Å². The van der Waals surface area contributed by atoms with E-state index in [2.05, 4.69) is 0 Å². The van der Waals surface area contributed by atoms with Gasteiger partial charge in [-0.2, -0.15) is 0 Å². The first-order valence-electron chi connectivity index (χ1n) is 5.50. The first-order chi connectivity index (χ1) is 8.31. The molecule has 2 amide bonds. The summed E-state index contributed by atoms with van der Waals surface area (Å²) in [6.07, 6.45) is 0. The Hall–Kier alpha value is -1.69. The van der Waals surface area contributed by atoms with Gasteiger partial charge in [-0.3, -0.25) is 9.59 Å². The van der Waals surface area contributed by atoms with Crippen LogP contribution in [-0.4, -0.2) is 23.1 Å². The number of nitrogens with zero attached hydrogens (tertiary/aromatic N) is 1. The molecule has 1 aromatic rings. The fourth-order valence-corrected chi connectivity index (χ4v) is 3.13. The van der Waals surface area contributed by atoms with Crippen LogP contribution < -0.4 is 16.4 Å². The molecule has 0 saturated heterocycles. The summed E-state index contributed by atoms with van der Waals surface area (Å²) in [5.74, 6) is -0.655. The molecule has 6 heteroatoms. The van der Waals surface area contributed by atoms with E-state index in [1.165, 1.54) is 16.7 Å². The van der Waals surface area contributed by atoms with Gasteiger partial charge >= 0.3 is 0 Å². The van der Waals surface area contributed by atoms with Gasteiger partial charge in [0.15, 0.2) is 0 Å². The molecule has 0 radical (unpaired) electrons. The molecule has 0 aliphatic carbocycles. The lowest BCUT2D eigenvalue weighted by atomic mass is 10.1. The first kappa shape index (κ1) is 12.8. The molecule has 0 unspecified atom stereocenters. The number of rotatable bonds is 2. The Morgan fingerprint density at radius 2 is 2.11 bits per heavy atom. The smallest absolute Gasteiger partial charge is 0.243 e. The number of hydrogen-bond donors (Lipinski definition) is 2. The van der Waals surface area contributed by atoms with Crippen LogP contribution in [-0.2, 0) is 9.59 Å². The van der Waals surface area contributed by atoms with E-state index >= 15 is 0 Å². The highest BCUT2D eigenvalue weighted by Crippen LogP contribution is 2.45. The average Bonchev–Trinajstić information content (AvgIpc) is 2.23. The minimum Gasteiger partial charge on any atom is -0.399 e. The van der Waals surface area contributed by atoms with E-state index in [1.54, 1.807) is 12.1 Å². The fourth-order valence-electron chi connectivity index (χ4n) is 1.90. The van der Waals surface area contributed by atoms with E-state index in [0.717, 1.165) is 4.90 Å². The van der Waals surface area contributed by atoms with Crippen LogP contribution in [0.3, 0.4) is 0 Å². The number of nitrogens with two attached hydrogens (primary N) is 2. The topological polar surface area (TPSA) is 89.4 Å². The maximum atomic E-state index is 12.3. The summed E-state index contributed by atoms with van der Waals surface area (Å²) in [5, 5.41) is 0. The second-order valence-electron chi connectivity index (χ2n) is 4.70. The quantitative estimate of drug-likeness (QED) is 0.780. The highest BCUT2D eigenvalue weighted by atomic mass is 32.2. The number of carbonyl (C=O) groups is 2. The number of anilines is 2. The summed E-state index contributed by atoms with van der Waals surface area (Å²) < 4.78 is -0.629. The number of amides is 2. The molecule has 18 heavy (non-hydrogen) atoms. The van der Waals surface area contributed by atoms with E-state index in [0.29, 0.717) is 11.4 Å². The van der Waals surface area contributed by atoms with Crippen molar-refractivity contribution in [1.29, 1.82) is 0 Å². The number of primary amides is 1. The molecule has 1 heterocycles. The predicted octanol–water partition coefficient (Wildman–Crippen LogP) is 0.971. The van der Waals surface area contributed by atoms with Gasteiger partial charge in [-0.1, -0.05) is 0 Å². The van der Waals surface area contributed by atoms with Crippen molar-refractivity contribution in [3.05, 3.63) is 18.2 Å². The monoisotopic (exact) mass is 265 g/mol. The Morgan fingerprint density at radius 1 is 1.44 bits per heavy atom. The van der Waals surface area contributed by atoms with Crippen LogP contribution in [0, 0.1) is 0 Å². The van der Waals surface area contributed by atoms with E-state index in [4.69, 9.17) is 11.5 Å². The van der Waals surface area contributed by atoms with Gasteiger partial charge in [-0.25, -0.2) is 0 Å². The molecule has 1 aliphatic heterocycles. The van der Waals surface area contributed by atoms with Crippen LogP contribution in [0.4, 0.5) is 11.4 Å². The summed E-state index contributed by atoms with van der Waals surface area (Å²) in [7, 11) is 0. The molecular weight excluding hydrogens is 250 g/mol. The van der Waals surface area contributed by atoms with Crippen molar-refractivity contribution >= 4 is 35.0 Å². The van der Waals surface area contributed by atoms with Crippen LogP contribution in [0.15, 0.2) is 23.1 Å². The van der Waals surface area contributed by atoms with Gasteiger partial charge in [-0.15, -0.1) is 11.8 Å². The third kappa shape index (κ3) is 2.15. The van der Waals surface area contributed by atoms with Crippen LogP contribution in [0.25, 0.3) is 0 Å². The molecule has 4 N–H and O–H groups in total. The standard InChI is InChI=1S/C12H15N3O2S/c1-12(2)11(17)15(6-10(14)16)8-4-3-7(13)5-9(8)18-12/h3-5H,6,13H2,1-2H3,(H2,14,16). The SMILES string of the molecule is CC1(C)Sc2cc(N)ccc2N(CC(N)=O)C1=O. The minimum atomic E-state index is -0.629. The molecule has 0 aromatic heterocycles. The third-order valence-electron chi connectivity index (χ3n) is 2.71. The third-order valence-corrected chi connectivity index (χ3v) is 3.95. The highest BCUT2D eigenvalue weighted by Gasteiger charge is 2.40. The lowest BCUT2D eigenvalue weighted by Gasteiger charge is -2.37. The Balaban J connectivity index is 2.52. The van der Waals surface area contributed by atoms with Gasteiger partial charge < -0.3 is 16.4 Å². The van der Waals surface area contributed by atoms with Crippen molar-refractivity contribution in [1.82, 2.24) is 0 Å². The maximum absolute atomic E-state index is 12.3. The van der Waals surface area contributed by atoms with Crippen LogP contribution >= 0.6 is 11.8 Å². The van der Waals surface area contributed by atoms with Crippen molar-refractivity contribution in [2.45, 2.75) is 23.5 Å². The average molecular weight is 265 g/mol. The van der Waals surface area contributed by atoms with Crippen LogP contribution in [0.2, 0.25) is 0 Å². The zero-order valence-electron chi connectivity index (χ0n) is 10.3. The summed E-state index contributed by atoms with van der Waals surface area (Å²) >= 11 is 1.44. The molecule has 2 rings (SSSR count). The number of benzene rings is 1. The van der Waals surface area contributed by atoms with Crippen molar-refractivity contribution in [3.8, 4) is 0 Å². The zero-order valence-corrected chi connectivity index (χ0v) is 11.1. The number of thioether (sulfide) groups is 1. The molecule has 0 bridgehead atoms. The van der Waals surface area contributed by atoms with Crippen molar-refractivity contribution in [2.24, 2.45) is 5.73 Å². The summed E-state index contributed by atoms with van der Waals surface area (Å²) in [6.45, 7) is 3.53. The predicted molar refractivity (Wildman–Crippen MR) is 72.3 cm³/mol. The van der Waals surface area contributed by atoms with Gasteiger partial charge in [0.2, 0.25) is 11.8 Å². The Labute approximate surface area is 110 Å². The van der Waals surface area contributed by atoms with Crippen molar-refractivity contribution < 1.29 is 9.59 Å². The van der Waals surface area contributed by atoms with E-state index < -0.39 is 10.7 Å². The minimum absolute atomic E-state index is 0.111. The zero-order chi connectivity index (χ0) is 13.5. The van der Waals surface area contributed by atoms with E-state index in [9.17, 15) is 9.59 Å². The van der Waals surface area contributed by atoms with Crippen molar-refractivity contribution in [2.75, 3.05) is 17.2 Å². The largest absolute Gasteiger partial charge is 0.399 e. The molecule has 0 saturated carbocycles. The van der Waals surface area contributed by atoms with Crippen LogP contribution in [0.5, 0.6) is 0 Å². The first-order valence-corrected chi connectivity index (χ1v) is 6.32. The van der Waals surface area contributed by atoms with E-state index in [1.807, 2.05) is 19.9 Å². The lowest BCUT2D eigenvalue weighted by molar-refractivity contribution is -0.123. The summed E-state index contributed by atoms with van der Waals surface area (Å²) in [6, 6.07) is 5.26. The summed E-state index contributed by atoms with van der Waals surface area (Å²) in [4.78, 5) is 25.7. The summed E-state index contributed by atoms with van der Waals surface area (Å²) in [5.41, 5.74) is 12.3. The van der Waals surface area contributed by atoms with E-state index in [-0.39, 0.29) is 12.5 Å². The molecule has 0 spiro atoms. The lowest BCUT2D eigenvalue weighted by Crippen LogP contribution is -2.49. The molecule has 0 atom stereocenters. The molecule has 96 valence electrons. The number of nitrogen functional groups attached to an aromatic ring is 1. The second-order valence-corrected chi connectivity index (χ2v) is 6.36. The second kappa shape index (κ2) is 4.20. The fraction of sp³-hybridized carbons (Fsp3) is 0.333. The van der Waals surface area contributed by atoms with Gasteiger partial charge in [0.05, 0.1) is 10.4 Å². The van der Waals surface area contributed by atoms with Gasteiger partial charge in [0.1, 0.15) is 6.54 Å². The van der Waals surface area contributed by atoms with Crippen LogP contribution in [0.1, 0.15) is 13.8 Å². The van der Waals surface area contributed by atoms with Gasteiger partial charge in [0.25, 0.3) is 0 Å². The molecular formula is C12H15N3O2S. The normalized spacial score (nSPS) is 17.4. The number of hydrogen-bond acceptors (Lipinski definition) is 4. The molecule has 5 nitrogen and oxygen atoms in total. The van der Waals surface area contributed by atoms with Crippen molar-refractivity contribution in [3.63, 3.8) is 0 Å². The highest BCUT2D eigenvalue weighted by molar-refractivity contribution is 8.01. The number of carbonyl (C=O) groups excluding carboxylic acids is 2. The Kier molecular flexibility index (Phi) is 2.98. The Morgan fingerprint density at radius 3 is 2.72 bits per heavy atom. The number of fused-ring (bicyclic) bond motifs is 1. The maximum Gasteiger partial charge on any atom is 0.243 e. The molecule has 0 fully saturated rings. The van der Waals surface area contributed by atoms with Gasteiger partial charge in [-0.05, 0) is 32.0 Å². The molecule has 1 aromatic carbocycles. The Bertz CT molecular complexity index is 528. The molecule has 1 aliphatic rings.